The zero-order chi connectivity index (χ0) is 8.20. The molecular formula is C6H14N2O2. The van der Waals surface area contributed by atoms with Crippen LogP contribution in [0.3, 0.4) is 0 Å². The molecule has 4 nitrogen and oxygen atoms in total. The Morgan fingerprint density at radius 1 is 1.70 bits per heavy atom. The van der Waals surface area contributed by atoms with Gasteiger partial charge in [-0.15, -0.1) is 0 Å². The number of nitrogens with two attached hydrogens (primary N) is 1. The van der Waals surface area contributed by atoms with Crippen LogP contribution in [0.15, 0.2) is 0 Å². The van der Waals surface area contributed by atoms with E-state index in [1.54, 1.807) is 13.8 Å². The van der Waals surface area contributed by atoms with Gasteiger partial charge in [0, 0.05) is 13.1 Å². The molecule has 4 N–H and O–H groups in total. The first-order valence-electron chi connectivity index (χ1n) is 3.19. The quantitative estimate of drug-likeness (QED) is 0.495. The first-order chi connectivity index (χ1) is 4.50. The van der Waals surface area contributed by atoms with Crippen LogP contribution in [0.5, 0.6) is 0 Å². The molecule has 0 fully saturated rings. The number of carboxylic acid groups (broad SMARTS) is 1. The van der Waals surface area contributed by atoms with Crippen molar-refractivity contribution in [1.29, 1.82) is 0 Å². The SMILES string of the molecule is CC(C)(NCCN)C(=O)O. The molecule has 0 atom stereocenters. The number of carboxylic acids is 1. The van der Waals surface area contributed by atoms with Crippen LogP contribution in [0.4, 0.5) is 0 Å². The fourth-order valence-electron chi connectivity index (χ4n) is 0.460. The normalized spacial score (nSPS) is 11.5. The molecule has 10 heavy (non-hydrogen) atoms. The van der Waals surface area contributed by atoms with Crippen LogP contribution in [-0.4, -0.2) is 29.7 Å². The molecule has 0 aliphatic heterocycles. The highest BCUT2D eigenvalue weighted by molar-refractivity contribution is 5.77. The van der Waals surface area contributed by atoms with Crippen LogP contribution in [0.1, 0.15) is 13.8 Å². The Morgan fingerprint density at radius 3 is 2.50 bits per heavy atom. The van der Waals surface area contributed by atoms with Gasteiger partial charge in [0.15, 0.2) is 0 Å². The Hall–Kier alpha value is -0.610. The Labute approximate surface area is 60.4 Å². The first-order valence-corrected chi connectivity index (χ1v) is 3.19. The zero-order valence-corrected chi connectivity index (χ0v) is 6.35. The molecule has 60 valence electrons. The van der Waals surface area contributed by atoms with Crippen molar-refractivity contribution in [1.82, 2.24) is 5.32 Å². The maximum Gasteiger partial charge on any atom is 0.323 e. The van der Waals surface area contributed by atoms with E-state index >= 15 is 0 Å². The van der Waals surface area contributed by atoms with E-state index in [2.05, 4.69) is 5.32 Å². The van der Waals surface area contributed by atoms with Crippen molar-refractivity contribution in [3.05, 3.63) is 0 Å². The lowest BCUT2D eigenvalue weighted by molar-refractivity contribution is -0.143. The number of hydrogen-bond donors (Lipinski definition) is 3. The average Bonchev–Trinajstić information content (AvgIpc) is 1.84. The van der Waals surface area contributed by atoms with Crippen molar-refractivity contribution >= 4 is 5.97 Å². The van der Waals surface area contributed by atoms with E-state index in [4.69, 9.17) is 10.8 Å². The van der Waals surface area contributed by atoms with Crippen molar-refractivity contribution < 1.29 is 9.90 Å². The van der Waals surface area contributed by atoms with Gasteiger partial charge in [-0.1, -0.05) is 0 Å². The van der Waals surface area contributed by atoms with Gasteiger partial charge in [-0.2, -0.15) is 0 Å². The number of rotatable bonds is 4. The Morgan fingerprint density at radius 2 is 2.20 bits per heavy atom. The molecular weight excluding hydrogens is 132 g/mol. The van der Waals surface area contributed by atoms with Crippen LogP contribution in [0, 0.1) is 0 Å². The molecule has 0 amide bonds. The summed E-state index contributed by atoms with van der Waals surface area (Å²) in [5.41, 5.74) is 4.32. The second kappa shape index (κ2) is 3.53. The van der Waals surface area contributed by atoms with Gasteiger partial charge in [0.2, 0.25) is 0 Å². The standard InChI is InChI=1S/C6H14N2O2/c1-6(2,5(9)10)8-4-3-7/h8H,3-4,7H2,1-2H3,(H,9,10). The van der Waals surface area contributed by atoms with E-state index in [9.17, 15) is 4.79 Å². The molecule has 0 rings (SSSR count). The van der Waals surface area contributed by atoms with E-state index in [0.717, 1.165) is 0 Å². The lowest BCUT2D eigenvalue weighted by Gasteiger charge is -2.20. The summed E-state index contributed by atoms with van der Waals surface area (Å²) in [7, 11) is 0. The summed E-state index contributed by atoms with van der Waals surface area (Å²) in [6, 6.07) is 0. The molecule has 0 unspecified atom stereocenters. The maximum absolute atomic E-state index is 10.4. The predicted molar refractivity (Wildman–Crippen MR) is 38.8 cm³/mol. The fraction of sp³-hybridized carbons (Fsp3) is 0.833. The van der Waals surface area contributed by atoms with E-state index in [-0.39, 0.29) is 0 Å². The molecule has 0 heterocycles. The van der Waals surface area contributed by atoms with E-state index in [1.807, 2.05) is 0 Å². The van der Waals surface area contributed by atoms with Gasteiger partial charge in [0.1, 0.15) is 5.54 Å². The van der Waals surface area contributed by atoms with Crippen molar-refractivity contribution in [3.8, 4) is 0 Å². The number of carbonyl (C=O) groups is 1. The van der Waals surface area contributed by atoms with Gasteiger partial charge in [-0.3, -0.25) is 4.79 Å². The third-order valence-electron chi connectivity index (χ3n) is 1.25. The number of nitrogens with one attached hydrogen (secondary N) is 1. The van der Waals surface area contributed by atoms with Crippen molar-refractivity contribution in [2.75, 3.05) is 13.1 Å². The van der Waals surface area contributed by atoms with Crippen molar-refractivity contribution in [2.45, 2.75) is 19.4 Å². The smallest absolute Gasteiger partial charge is 0.323 e. The van der Waals surface area contributed by atoms with Crippen LogP contribution in [0.25, 0.3) is 0 Å². The minimum Gasteiger partial charge on any atom is -0.480 e. The molecule has 0 aromatic heterocycles. The molecule has 0 saturated heterocycles. The van der Waals surface area contributed by atoms with Crippen LogP contribution < -0.4 is 11.1 Å². The molecule has 0 aliphatic rings. The summed E-state index contributed by atoms with van der Waals surface area (Å²) < 4.78 is 0. The van der Waals surface area contributed by atoms with E-state index in [0.29, 0.717) is 13.1 Å². The summed E-state index contributed by atoms with van der Waals surface area (Å²) >= 11 is 0. The zero-order valence-electron chi connectivity index (χ0n) is 6.35. The second-order valence-corrected chi connectivity index (χ2v) is 2.65. The molecule has 0 aliphatic carbocycles. The summed E-state index contributed by atoms with van der Waals surface area (Å²) in [5, 5.41) is 11.3. The lowest BCUT2D eigenvalue weighted by atomic mass is 10.1. The minimum atomic E-state index is -0.862. The van der Waals surface area contributed by atoms with Crippen LogP contribution >= 0.6 is 0 Å². The summed E-state index contributed by atoms with van der Waals surface area (Å²) in [6.45, 7) is 4.19. The largest absolute Gasteiger partial charge is 0.480 e. The Balaban J connectivity index is 3.75. The predicted octanol–water partition coefficient (Wildman–Crippen LogP) is -0.602. The summed E-state index contributed by atoms with van der Waals surface area (Å²) in [6.07, 6.45) is 0. The van der Waals surface area contributed by atoms with E-state index < -0.39 is 11.5 Å². The van der Waals surface area contributed by atoms with Gasteiger partial charge in [-0.05, 0) is 13.8 Å². The first kappa shape index (κ1) is 9.39. The lowest BCUT2D eigenvalue weighted by Crippen LogP contribution is -2.48. The highest BCUT2D eigenvalue weighted by Gasteiger charge is 2.25. The van der Waals surface area contributed by atoms with Gasteiger partial charge in [-0.25, -0.2) is 0 Å². The number of aliphatic carboxylic acids is 1. The molecule has 0 spiro atoms. The fourth-order valence-corrected chi connectivity index (χ4v) is 0.460. The number of hydrogen-bond acceptors (Lipinski definition) is 3. The highest BCUT2D eigenvalue weighted by Crippen LogP contribution is 1.99. The molecule has 0 bridgehead atoms. The second-order valence-electron chi connectivity index (χ2n) is 2.65. The van der Waals surface area contributed by atoms with Gasteiger partial charge in [0.05, 0.1) is 0 Å². The van der Waals surface area contributed by atoms with Gasteiger partial charge >= 0.3 is 5.97 Å². The van der Waals surface area contributed by atoms with Crippen LogP contribution in [0.2, 0.25) is 0 Å². The van der Waals surface area contributed by atoms with Crippen molar-refractivity contribution in [2.24, 2.45) is 5.73 Å². The monoisotopic (exact) mass is 146 g/mol. The van der Waals surface area contributed by atoms with E-state index in [1.165, 1.54) is 0 Å². The topological polar surface area (TPSA) is 75.3 Å². The third-order valence-corrected chi connectivity index (χ3v) is 1.25. The minimum absolute atomic E-state index is 0.455. The van der Waals surface area contributed by atoms with Crippen molar-refractivity contribution in [3.63, 3.8) is 0 Å². The average molecular weight is 146 g/mol. The highest BCUT2D eigenvalue weighted by atomic mass is 16.4. The third kappa shape index (κ3) is 2.80. The van der Waals surface area contributed by atoms with Crippen LogP contribution in [-0.2, 0) is 4.79 Å². The Bertz CT molecular complexity index is 123. The summed E-state index contributed by atoms with van der Waals surface area (Å²) in [4.78, 5) is 10.4. The van der Waals surface area contributed by atoms with Gasteiger partial charge in [0.25, 0.3) is 0 Å². The summed E-state index contributed by atoms with van der Waals surface area (Å²) in [5.74, 6) is -0.860. The molecule has 0 aromatic carbocycles. The van der Waals surface area contributed by atoms with Gasteiger partial charge < -0.3 is 16.2 Å². The molecule has 0 radical (unpaired) electrons. The Kier molecular flexibility index (Phi) is 3.32. The molecule has 0 aromatic rings. The molecule has 0 saturated carbocycles. The molecule has 4 heteroatoms. The maximum atomic E-state index is 10.4.